The summed E-state index contributed by atoms with van der Waals surface area (Å²) < 4.78 is 5.67. The molecule has 9 heteroatoms. The highest BCUT2D eigenvalue weighted by molar-refractivity contribution is 5.95. The van der Waals surface area contributed by atoms with Crippen molar-refractivity contribution in [2.24, 2.45) is 11.7 Å². The molecule has 3 aliphatic heterocycles. The number of carbonyl (C=O) groups excluding carboxylic acids is 2. The van der Waals surface area contributed by atoms with Gasteiger partial charge in [0, 0.05) is 63.2 Å². The molecule has 3 unspecified atom stereocenters. The Balaban J connectivity index is 1.45. The molecule has 3 N–H and O–H groups in total. The van der Waals surface area contributed by atoms with E-state index in [1.165, 1.54) is 0 Å². The molecule has 214 valence electrons. The van der Waals surface area contributed by atoms with Gasteiger partial charge in [0.05, 0.1) is 19.1 Å². The monoisotopic (exact) mass is 548 g/mol. The zero-order chi connectivity index (χ0) is 28.2. The molecular weight excluding hydrogens is 508 g/mol. The smallest absolute Gasteiger partial charge is 0.308 e. The third kappa shape index (κ3) is 5.86. The molecular formula is C31H40N4O5. The predicted octanol–water partition coefficient (Wildman–Crippen LogP) is 3.00. The minimum Gasteiger partial charge on any atom is -0.493 e. The highest BCUT2D eigenvalue weighted by Crippen LogP contribution is 2.40. The summed E-state index contributed by atoms with van der Waals surface area (Å²) in [5.41, 5.74) is 9.66. The molecule has 0 aliphatic carbocycles. The molecule has 40 heavy (non-hydrogen) atoms. The van der Waals surface area contributed by atoms with Crippen LogP contribution in [0.2, 0.25) is 0 Å². The molecule has 2 amide bonds. The molecule has 0 saturated carbocycles. The van der Waals surface area contributed by atoms with Crippen LogP contribution in [0.5, 0.6) is 5.75 Å². The highest BCUT2D eigenvalue weighted by atomic mass is 16.5. The number of amides is 2. The number of nitrogens with zero attached hydrogens (tertiary/aromatic N) is 3. The number of carboxylic acid groups (broad SMARTS) is 1. The fourth-order valence-electron chi connectivity index (χ4n) is 6.44. The number of fused-ring (bicyclic) bond motifs is 1. The number of hydrogen-bond donors (Lipinski definition) is 2. The van der Waals surface area contributed by atoms with Crippen molar-refractivity contribution in [3.63, 3.8) is 0 Å². The molecule has 0 bridgehead atoms. The Morgan fingerprint density at radius 1 is 1.18 bits per heavy atom. The molecule has 0 spiro atoms. The molecule has 9 nitrogen and oxygen atoms in total. The van der Waals surface area contributed by atoms with Gasteiger partial charge in [0.1, 0.15) is 5.75 Å². The summed E-state index contributed by atoms with van der Waals surface area (Å²) in [5, 5.41) is 10.5. The fourth-order valence-corrected chi connectivity index (χ4v) is 6.44. The van der Waals surface area contributed by atoms with Gasteiger partial charge in [-0.05, 0) is 47.7 Å². The zero-order valence-corrected chi connectivity index (χ0v) is 23.3. The first-order valence-corrected chi connectivity index (χ1v) is 14.5. The lowest BCUT2D eigenvalue weighted by Gasteiger charge is -2.32. The van der Waals surface area contributed by atoms with Gasteiger partial charge in [-0.3, -0.25) is 19.3 Å². The van der Waals surface area contributed by atoms with Gasteiger partial charge in [-0.1, -0.05) is 37.6 Å². The van der Waals surface area contributed by atoms with E-state index in [0.29, 0.717) is 45.8 Å². The Morgan fingerprint density at radius 3 is 2.75 bits per heavy atom. The zero-order valence-electron chi connectivity index (χ0n) is 23.3. The summed E-state index contributed by atoms with van der Waals surface area (Å²) in [6, 6.07) is 13.2. The van der Waals surface area contributed by atoms with E-state index >= 15 is 0 Å². The standard InChI is InChI=1S/C31H40N4O5/c1-2-3-13-35(24-7-4-6-21(15-24)17-32)29(37)20-34-18-25(22-9-10-27-23(16-22)11-14-40-27)30(31(38)39)26(34)19-33-12-5-8-28(33)36/h4,6-7,9-10,15-16,25-26,30H,2-3,5,8,11-14,17-20,32H2,1H3,(H,38,39). The van der Waals surface area contributed by atoms with E-state index in [0.717, 1.165) is 53.8 Å². The Labute approximate surface area is 235 Å². The van der Waals surface area contributed by atoms with Crippen LogP contribution in [0.4, 0.5) is 5.69 Å². The van der Waals surface area contributed by atoms with Crippen LogP contribution in [-0.4, -0.2) is 78.1 Å². The summed E-state index contributed by atoms with van der Waals surface area (Å²) in [6.07, 6.45) is 3.85. The minimum absolute atomic E-state index is 0.0525. The van der Waals surface area contributed by atoms with Crippen molar-refractivity contribution >= 4 is 23.5 Å². The maximum absolute atomic E-state index is 13.9. The number of anilines is 1. The summed E-state index contributed by atoms with van der Waals surface area (Å²) in [6.45, 7) is 5.12. The third-order valence-electron chi connectivity index (χ3n) is 8.59. The van der Waals surface area contributed by atoms with E-state index in [-0.39, 0.29) is 24.3 Å². The molecule has 0 aromatic heterocycles. The second-order valence-electron chi connectivity index (χ2n) is 11.1. The van der Waals surface area contributed by atoms with Crippen LogP contribution in [0.15, 0.2) is 42.5 Å². The lowest BCUT2D eigenvalue weighted by atomic mass is 9.84. The van der Waals surface area contributed by atoms with Crippen molar-refractivity contribution < 1.29 is 24.2 Å². The third-order valence-corrected chi connectivity index (χ3v) is 8.59. The van der Waals surface area contributed by atoms with Gasteiger partial charge in [-0.25, -0.2) is 0 Å². The molecule has 2 saturated heterocycles. The maximum Gasteiger partial charge on any atom is 0.308 e. The number of rotatable bonds is 11. The van der Waals surface area contributed by atoms with Crippen LogP contribution in [0, 0.1) is 5.92 Å². The Hall–Kier alpha value is -3.43. The van der Waals surface area contributed by atoms with E-state index in [1.807, 2.05) is 41.3 Å². The average molecular weight is 549 g/mol. The lowest BCUT2D eigenvalue weighted by molar-refractivity contribution is -0.144. The van der Waals surface area contributed by atoms with Crippen molar-refractivity contribution in [2.45, 2.75) is 57.5 Å². The molecule has 3 aliphatic rings. The maximum atomic E-state index is 13.9. The van der Waals surface area contributed by atoms with Crippen molar-refractivity contribution in [3.8, 4) is 5.75 Å². The molecule has 2 aromatic rings. The van der Waals surface area contributed by atoms with E-state index < -0.39 is 17.9 Å². The predicted molar refractivity (Wildman–Crippen MR) is 152 cm³/mol. The first-order chi connectivity index (χ1) is 19.4. The second-order valence-corrected chi connectivity index (χ2v) is 11.1. The average Bonchev–Trinajstić information content (AvgIpc) is 3.68. The molecule has 3 heterocycles. The normalized spacial score (nSPS) is 22.4. The van der Waals surface area contributed by atoms with Gasteiger partial charge in [-0.2, -0.15) is 0 Å². The van der Waals surface area contributed by atoms with E-state index in [4.69, 9.17) is 10.5 Å². The molecule has 2 aromatic carbocycles. The first-order valence-electron chi connectivity index (χ1n) is 14.5. The van der Waals surface area contributed by atoms with Crippen LogP contribution in [0.3, 0.4) is 0 Å². The quantitative estimate of drug-likeness (QED) is 0.443. The van der Waals surface area contributed by atoms with Gasteiger partial charge >= 0.3 is 5.97 Å². The van der Waals surface area contributed by atoms with Gasteiger partial charge in [-0.15, -0.1) is 0 Å². The highest BCUT2D eigenvalue weighted by Gasteiger charge is 2.48. The Bertz CT molecular complexity index is 1250. The van der Waals surface area contributed by atoms with Crippen LogP contribution in [0.25, 0.3) is 0 Å². The lowest BCUT2D eigenvalue weighted by Crippen LogP contribution is -2.49. The Morgan fingerprint density at radius 2 is 2.02 bits per heavy atom. The summed E-state index contributed by atoms with van der Waals surface area (Å²) >= 11 is 0. The van der Waals surface area contributed by atoms with Crippen molar-refractivity contribution in [1.29, 1.82) is 0 Å². The number of carboxylic acids is 1. The summed E-state index contributed by atoms with van der Waals surface area (Å²) in [4.78, 5) is 44.9. The first kappa shape index (κ1) is 28.1. The minimum atomic E-state index is -0.896. The number of carbonyl (C=O) groups is 3. The Kier molecular flexibility index (Phi) is 8.71. The van der Waals surface area contributed by atoms with Crippen LogP contribution < -0.4 is 15.4 Å². The summed E-state index contributed by atoms with van der Waals surface area (Å²) in [5.74, 6) is -1.11. The number of benzene rings is 2. The number of ether oxygens (including phenoxy) is 1. The molecule has 3 atom stereocenters. The van der Waals surface area contributed by atoms with Gasteiger partial charge < -0.3 is 25.4 Å². The van der Waals surface area contributed by atoms with Crippen molar-refractivity contribution in [2.75, 3.05) is 44.2 Å². The van der Waals surface area contributed by atoms with Crippen molar-refractivity contribution in [3.05, 3.63) is 59.2 Å². The topological polar surface area (TPSA) is 116 Å². The summed E-state index contributed by atoms with van der Waals surface area (Å²) in [7, 11) is 0. The molecule has 2 fully saturated rings. The number of aliphatic carboxylic acids is 1. The van der Waals surface area contributed by atoms with Gasteiger partial charge in [0.15, 0.2) is 0 Å². The van der Waals surface area contributed by atoms with Gasteiger partial charge in [0.25, 0.3) is 0 Å². The van der Waals surface area contributed by atoms with Crippen LogP contribution in [-0.2, 0) is 27.3 Å². The van der Waals surface area contributed by atoms with E-state index in [9.17, 15) is 19.5 Å². The van der Waals surface area contributed by atoms with E-state index in [2.05, 4.69) is 13.0 Å². The van der Waals surface area contributed by atoms with Gasteiger partial charge in [0.2, 0.25) is 11.8 Å². The fraction of sp³-hybridized carbons (Fsp3) is 0.516. The van der Waals surface area contributed by atoms with E-state index in [1.54, 1.807) is 9.80 Å². The second kappa shape index (κ2) is 12.4. The number of unbranched alkanes of at least 4 members (excludes halogenated alkanes) is 1. The molecule has 5 rings (SSSR count). The van der Waals surface area contributed by atoms with Crippen molar-refractivity contribution in [1.82, 2.24) is 9.80 Å². The van der Waals surface area contributed by atoms with Crippen LogP contribution >= 0.6 is 0 Å². The largest absolute Gasteiger partial charge is 0.493 e. The number of nitrogens with two attached hydrogens (primary N) is 1. The van der Waals surface area contributed by atoms with Crippen LogP contribution in [0.1, 0.15) is 55.2 Å². The number of likely N-dealkylation sites (tertiary alicyclic amines) is 2. The number of hydrogen-bond acceptors (Lipinski definition) is 6. The molecule has 0 radical (unpaired) electrons. The SMILES string of the molecule is CCCCN(C(=O)CN1CC(c2ccc3c(c2)CCO3)C(C(=O)O)C1CN1CCCC1=O)c1cccc(CN)c1.